The summed E-state index contributed by atoms with van der Waals surface area (Å²) in [4.78, 5) is 0. The average molecular weight is 194 g/mol. The molecule has 0 spiro atoms. The van der Waals surface area contributed by atoms with Crippen molar-refractivity contribution in [2.75, 3.05) is 36.1 Å². The van der Waals surface area contributed by atoms with Gasteiger partial charge in [-0.05, 0) is 17.9 Å². The van der Waals surface area contributed by atoms with Crippen LogP contribution in [0.4, 0.5) is 0 Å². The minimum Gasteiger partial charge on any atom is -0.330 e. The predicted octanol–water partition coefficient (Wildman–Crippen LogP) is 0.760. The van der Waals surface area contributed by atoms with Crippen molar-refractivity contribution >= 4 is 23.5 Å². The van der Waals surface area contributed by atoms with Gasteiger partial charge in [0, 0.05) is 24.6 Å². The molecule has 0 aromatic heterocycles. The van der Waals surface area contributed by atoms with Crippen LogP contribution in [-0.2, 0) is 0 Å². The van der Waals surface area contributed by atoms with E-state index in [4.69, 9.17) is 11.5 Å². The smallest absolute Gasteiger partial charge is 0.00558 e. The van der Waals surface area contributed by atoms with Crippen molar-refractivity contribution in [1.82, 2.24) is 0 Å². The first-order chi connectivity index (χ1) is 5.41. The minimum atomic E-state index is 0.806. The molecule has 0 radical (unpaired) electrons. The summed E-state index contributed by atoms with van der Waals surface area (Å²) < 4.78 is 0. The Kier molecular flexibility index (Phi) is 11.2. The van der Waals surface area contributed by atoms with Crippen LogP contribution in [0, 0.1) is 0 Å². The van der Waals surface area contributed by atoms with Crippen molar-refractivity contribution in [3.63, 3.8) is 0 Å². The summed E-state index contributed by atoms with van der Waals surface area (Å²) in [7, 11) is 0. The maximum atomic E-state index is 5.35. The molecule has 68 valence electrons. The Hall–Kier alpha value is 0.620. The molecule has 0 rings (SSSR count). The third kappa shape index (κ3) is 10.6. The van der Waals surface area contributed by atoms with E-state index < -0.39 is 0 Å². The highest BCUT2D eigenvalue weighted by Gasteiger charge is 1.89. The molecule has 0 aromatic carbocycles. The van der Waals surface area contributed by atoms with Gasteiger partial charge < -0.3 is 11.5 Å². The Labute approximate surface area is 77.9 Å². The van der Waals surface area contributed by atoms with Gasteiger partial charge in [0.05, 0.1) is 0 Å². The van der Waals surface area contributed by atoms with Gasteiger partial charge in [-0.3, -0.25) is 0 Å². The van der Waals surface area contributed by atoms with E-state index in [9.17, 15) is 0 Å². The summed E-state index contributed by atoms with van der Waals surface area (Å²) in [6, 6.07) is 0. The Balaban J connectivity index is 2.69. The van der Waals surface area contributed by atoms with Gasteiger partial charge in [-0.25, -0.2) is 0 Å². The lowest BCUT2D eigenvalue weighted by Crippen LogP contribution is -2.03. The normalized spacial score (nSPS) is 10.4. The van der Waals surface area contributed by atoms with E-state index in [0.717, 1.165) is 24.6 Å². The molecule has 0 aliphatic heterocycles. The number of hydrogen-bond acceptors (Lipinski definition) is 4. The fraction of sp³-hybridized carbons (Fsp3) is 1.00. The quantitative estimate of drug-likeness (QED) is 0.560. The topological polar surface area (TPSA) is 52.0 Å². The third-order valence-electron chi connectivity index (χ3n) is 1.10. The second kappa shape index (κ2) is 10.6. The lowest BCUT2D eigenvalue weighted by Gasteiger charge is -1.99. The summed E-state index contributed by atoms with van der Waals surface area (Å²) >= 11 is 3.88. The Morgan fingerprint density at radius 3 is 1.55 bits per heavy atom. The van der Waals surface area contributed by atoms with Crippen LogP contribution in [0.25, 0.3) is 0 Å². The molecule has 0 fully saturated rings. The minimum absolute atomic E-state index is 0.806. The van der Waals surface area contributed by atoms with Crippen LogP contribution in [0.15, 0.2) is 0 Å². The first kappa shape index (κ1) is 11.6. The van der Waals surface area contributed by atoms with E-state index in [1.54, 1.807) is 0 Å². The van der Waals surface area contributed by atoms with Crippen molar-refractivity contribution in [2.24, 2.45) is 11.5 Å². The van der Waals surface area contributed by atoms with E-state index in [1.807, 2.05) is 23.5 Å². The van der Waals surface area contributed by atoms with E-state index in [-0.39, 0.29) is 0 Å². The summed E-state index contributed by atoms with van der Waals surface area (Å²) in [6.45, 7) is 1.61. The number of thioether (sulfide) groups is 2. The molecule has 0 atom stereocenters. The van der Waals surface area contributed by atoms with Crippen molar-refractivity contribution in [2.45, 2.75) is 6.42 Å². The maximum Gasteiger partial charge on any atom is 0.00558 e. The standard InChI is InChI=1S/C7H18N2S2/c8-2-6-10-4-1-5-11-7-3-9/h1-9H2. The summed E-state index contributed by atoms with van der Waals surface area (Å²) in [5, 5.41) is 0. The van der Waals surface area contributed by atoms with Crippen LogP contribution in [-0.4, -0.2) is 36.1 Å². The Bertz CT molecular complexity index is 63.5. The molecular weight excluding hydrogens is 176 g/mol. The van der Waals surface area contributed by atoms with Gasteiger partial charge in [-0.15, -0.1) is 0 Å². The average Bonchev–Trinajstić information content (AvgIpc) is 2.03. The largest absolute Gasteiger partial charge is 0.330 e. The fourth-order valence-electron chi connectivity index (χ4n) is 0.634. The lowest BCUT2D eigenvalue weighted by atomic mass is 10.6. The van der Waals surface area contributed by atoms with E-state index >= 15 is 0 Å². The van der Waals surface area contributed by atoms with Gasteiger partial charge in [0.15, 0.2) is 0 Å². The fourth-order valence-corrected chi connectivity index (χ4v) is 2.26. The van der Waals surface area contributed by atoms with Crippen molar-refractivity contribution in [1.29, 1.82) is 0 Å². The number of rotatable bonds is 8. The molecule has 11 heavy (non-hydrogen) atoms. The zero-order chi connectivity index (χ0) is 8.36. The molecule has 0 unspecified atom stereocenters. The second-order valence-electron chi connectivity index (χ2n) is 2.16. The van der Waals surface area contributed by atoms with Crippen molar-refractivity contribution in [3.05, 3.63) is 0 Å². The van der Waals surface area contributed by atoms with E-state index in [2.05, 4.69) is 0 Å². The van der Waals surface area contributed by atoms with Crippen LogP contribution in [0.3, 0.4) is 0 Å². The van der Waals surface area contributed by atoms with Gasteiger partial charge in [0.1, 0.15) is 0 Å². The first-order valence-electron chi connectivity index (χ1n) is 3.97. The van der Waals surface area contributed by atoms with Gasteiger partial charge in [-0.1, -0.05) is 0 Å². The lowest BCUT2D eigenvalue weighted by molar-refractivity contribution is 1.09. The molecule has 0 aromatic rings. The van der Waals surface area contributed by atoms with Crippen LogP contribution in [0.2, 0.25) is 0 Å². The van der Waals surface area contributed by atoms with Crippen LogP contribution < -0.4 is 11.5 Å². The number of nitrogens with two attached hydrogens (primary N) is 2. The van der Waals surface area contributed by atoms with Crippen molar-refractivity contribution in [3.8, 4) is 0 Å². The zero-order valence-corrected chi connectivity index (χ0v) is 8.55. The van der Waals surface area contributed by atoms with Crippen molar-refractivity contribution < 1.29 is 0 Å². The molecule has 0 saturated heterocycles. The summed E-state index contributed by atoms with van der Waals surface area (Å²) in [6.07, 6.45) is 1.29. The molecule has 0 amide bonds. The molecule has 0 heterocycles. The van der Waals surface area contributed by atoms with Gasteiger partial charge in [0.2, 0.25) is 0 Å². The highest BCUT2D eigenvalue weighted by atomic mass is 32.2. The van der Waals surface area contributed by atoms with Gasteiger partial charge >= 0.3 is 0 Å². The summed E-state index contributed by atoms with van der Waals surface area (Å²) in [5.74, 6) is 4.69. The van der Waals surface area contributed by atoms with E-state index in [1.165, 1.54) is 17.9 Å². The first-order valence-corrected chi connectivity index (χ1v) is 6.28. The van der Waals surface area contributed by atoms with Crippen LogP contribution >= 0.6 is 23.5 Å². The molecular formula is C7H18N2S2. The molecule has 0 aliphatic carbocycles. The van der Waals surface area contributed by atoms with Gasteiger partial charge in [-0.2, -0.15) is 23.5 Å². The van der Waals surface area contributed by atoms with Crippen LogP contribution in [0.5, 0.6) is 0 Å². The highest BCUT2D eigenvalue weighted by Crippen LogP contribution is 2.06. The number of hydrogen-bond donors (Lipinski definition) is 2. The predicted molar refractivity (Wildman–Crippen MR) is 57.4 cm³/mol. The van der Waals surface area contributed by atoms with E-state index in [0.29, 0.717) is 0 Å². The molecule has 2 nitrogen and oxygen atoms in total. The highest BCUT2D eigenvalue weighted by molar-refractivity contribution is 8.00. The van der Waals surface area contributed by atoms with Gasteiger partial charge in [0.25, 0.3) is 0 Å². The molecule has 4 N–H and O–H groups in total. The summed E-state index contributed by atoms with van der Waals surface area (Å²) in [5.41, 5.74) is 10.7. The SMILES string of the molecule is NCCSCCCSCCN. The second-order valence-corrected chi connectivity index (χ2v) is 4.61. The molecule has 4 heteroatoms. The monoisotopic (exact) mass is 194 g/mol. The Morgan fingerprint density at radius 2 is 1.18 bits per heavy atom. The molecule has 0 saturated carbocycles. The van der Waals surface area contributed by atoms with Crippen LogP contribution in [0.1, 0.15) is 6.42 Å². The molecule has 0 bridgehead atoms. The molecule has 0 aliphatic rings. The Morgan fingerprint density at radius 1 is 0.727 bits per heavy atom. The zero-order valence-electron chi connectivity index (χ0n) is 6.92. The maximum absolute atomic E-state index is 5.35. The third-order valence-corrected chi connectivity index (χ3v) is 3.31.